The first-order chi connectivity index (χ1) is 7.19. The molecule has 0 bridgehead atoms. The van der Waals surface area contributed by atoms with Gasteiger partial charge in [0.25, 0.3) is 5.89 Å². The summed E-state index contributed by atoms with van der Waals surface area (Å²) in [7, 11) is 0. The van der Waals surface area contributed by atoms with Crippen molar-refractivity contribution in [2.75, 3.05) is 0 Å². The molecule has 78 valence electrons. The van der Waals surface area contributed by atoms with Gasteiger partial charge in [0.05, 0.1) is 6.54 Å². The van der Waals surface area contributed by atoms with E-state index in [1.165, 1.54) is 12.1 Å². The van der Waals surface area contributed by atoms with Crippen LogP contribution in [0.2, 0.25) is 0 Å². The van der Waals surface area contributed by atoms with Gasteiger partial charge in [0.2, 0.25) is 0 Å². The molecule has 2 N–H and O–H groups in total. The van der Waals surface area contributed by atoms with E-state index < -0.39 is 0 Å². The lowest BCUT2D eigenvalue weighted by molar-refractivity contribution is 0.422. The molecule has 0 unspecified atom stereocenters. The van der Waals surface area contributed by atoms with Crippen LogP contribution in [0.15, 0.2) is 22.7 Å². The molecule has 2 aromatic rings. The fourth-order valence-corrected chi connectivity index (χ4v) is 1.31. The fourth-order valence-electron chi connectivity index (χ4n) is 1.31. The smallest absolute Gasteiger partial charge is 0.258 e. The van der Waals surface area contributed by atoms with Crippen LogP contribution in [0.1, 0.15) is 11.4 Å². The highest BCUT2D eigenvalue weighted by Gasteiger charge is 2.09. The lowest BCUT2D eigenvalue weighted by Crippen LogP contribution is -1.97. The van der Waals surface area contributed by atoms with Crippen molar-refractivity contribution in [1.82, 2.24) is 10.1 Å². The second kappa shape index (κ2) is 3.78. The molecule has 0 atom stereocenters. The average molecular weight is 207 g/mol. The van der Waals surface area contributed by atoms with E-state index in [-0.39, 0.29) is 18.3 Å². The molecular formula is C10H10FN3O. The molecule has 0 spiro atoms. The second-order valence-electron chi connectivity index (χ2n) is 3.24. The van der Waals surface area contributed by atoms with Gasteiger partial charge in [-0.15, -0.1) is 0 Å². The Kier molecular flexibility index (Phi) is 2.47. The van der Waals surface area contributed by atoms with Gasteiger partial charge in [0.15, 0.2) is 5.82 Å². The van der Waals surface area contributed by atoms with Crippen molar-refractivity contribution < 1.29 is 8.91 Å². The van der Waals surface area contributed by atoms with Crippen molar-refractivity contribution >= 4 is 0 Å². The summed E-state index contributed by atoms with van der Waals surface area (Å²) in [6.45, 7) is 2.00. The van der Waals surface area contributed by atoms with Crippen molar-refractivity contribution in [3.63, 3.8) is 0 Å². The maximum atomic E-state index is 13.1. The Bertz CT molecular complexity index is 461. The Morgan fingerprint density at radius 2 is 2.20 bits per heavy atom. The maximum Gasteiger partial charge on any atom is 0.258 e. The number of aromatic nitrogens is 2. The number of nitrogens with zero attached hydrogens (tertiary/aromatic N) is 2. The summed E-state index contributed by atoms with van der Waals surface area (Å²) in [6.07, 6.45) is 0. The molecule has 0 fully saturated rings. The van der Waals surface area contributed by atoms with E-state index in [0.717, 1.165) is 5.56 Å². The standard InChI is InChI=1S/C10H10FN3O/c1-6-2-7(4-8(11)3-6)10-13-9(5-12)14-15-10/h2-4H,5,12H2,1H3. The Morgan fingerprint density at radius 1 is 1.40 bits per heavy atom. The lowest BCUT2D eigenvalue weighted by atomic mass is 10.1. The van der Waals surface area contributed by atoms with Crippen LogP contribution < -0.4 is 5.73 Å². The summed E-state index contributed by atoms with van der Waals surface area (Å²) >= 11 is 0. The first-order valence-electron chi connectivity index (χ1n) is 4.49. The number of halogens is 1. The zero-order chi connectivity index (χ0) is 10.8. The van der Waals surface area contributed by atoms with Crippen LogP contribution in [0.4, 0.5) is 4.39 Å². The van der Waals surface area contributed by atoms with Crippen LogP contribution in [0.3, 0.4) is 0 Å². The third-order valence-corrected chi connectivity index (χ3v) is 1.94. The molecule has 4 nitrogen and oxygen atoms in total. The van der Waals surface area contributed by atoms with Crippen molar-refractivity contribution in [1.29, 1.82) is 0 Å². The van der Waals surface area contributed by atoms with Crippen molar-refractivity contribution in [3.8, 4) is 11.5 Å². The SMILES string of the molecule is Cc1cc(F)cc(-c2nc(CN)no2)c1. The molecule has 0 saturated heterocycles. The van der Waals surface area contributed by atoms with Crippen LogP contribution in [0, 0.1) is 12.7 Å². The van der Waals surface area contributed by atoms with Crippen LogP contribution in [-0.4, -0.2) is 10.1 Å². The first-order valence-corrected chi connectivity index (χ1v) is 4.49. The Labute approximate surface area is 85.9 Å². The number of hydrogen-bond donors (Lipinski definition) is 1. The molecule has 0 aliphatic rings. The van der Waals surface area contributed by atoms with E-state index in [0.29, 0.717) is 11.4 Å². The van der Waals surface area contributed by atoms with Crippen LogP contribution in [0.25, 0.3) is 11.5 Å². The quantitative estimate of drug-likeness (QED) is 0.813. The van der Waals surface area contributed by atoms with E-state index in [4.69, 9.17) is 10.3 Å². The van der Waals surface area contributed by atoms with Crippen molar-refractivity contribution in [2.24, 2.45) is 5.73 Å². The predicted molar refractivity (Wildman–Crippen MR) is 52.3 cm³/mol. The van der Waals surface area contributed by atoms with Gasteiger partial charge in [0, 0.05) is 5.56 Å². The summed E-state index contributed by atoms with van der Waals surface area (Å²) in [5, 5.41) is 3.64. The van der Waals surface area contributed by atoms with Gasteiger partial charge >= 0.3 is 0 Å². The molecule has 0 aliphatic heterocycles. The number of benzene rings is 1. The predicted octanol–water partition coefficient (Wildman–Crippen LogP) is 1.64. The maximum absolute atomic E-state index is 13.1. The second-order valence-corrected chi connectivity index (χ2v) is 3.24. The monoisotopic (exact) mass is 207 g/mol. The van der Waals surface area contributed by atoms with E-state index >= 15 is 0 Å². The summed E-state index contributed by atoms with van der Waals surface area (Å²) in [6, 6.07) is 4.56. The van der Waals surface area contributed by atoms with Gasteiger partial charge in [-0.2, -0.15) is 4.98 Å². The van der Waals surface area contributed by atoms with Gasteiger partial charge < -0.3 is 10.3 Å². The molecule has 0 saturated carbocycles. The average Bonchev–Trinajstić information content (AvgIpc) is 2.64. The molecule has 0 amide bonds. The molecule has 0 aliphatic carbocycles. The number of nitrogens with two attached hydrogens (primary N) is 1. The van der Waals surface area contributed by atoms with E-state index in [1.54, 1.807) is 13.0 Å². The highest BCUT2D eigenvalue weighted by atomic mass is 19.1. The third kappa shape index (κ3) is 2.02. The minimum absolute atomic E-state index is 0.206. The summed E-state index contributed by atoms with van der Waals surface area (Å²) in [5.74, 6) is 0.377. The molecule has 2 rings (SSSR count). The Hall–Kier alpha value is -1.75. The fraction of sp³-hybridized carbons (Fsp3) is 0.200. The van der Waals surface area contributed by atoms with Gasteiger partial charge in [-0.05, 0) is 30.7 Å². The van der Waals surface area contributed by atoms with Crippen molar-refractivity contribution in [2.45, 2.75) is 13.5 Å². The minimum atomic E-state index is -0.322. The summed E-state index contributed by atoms with van der Waals surface area (Å²) in [4.78, 5) is 4.01. The normalized spacial score (nSPS) is 10.6. The summed E-state index contributed by atoms with van der Waals surface area (Å²) < 4.78 is 18.0. The first kappa shape index (κ1) is 9.79. The molecule has 0 radical (unpaired) electrons. The van der Waals surface area contributed by atoms with Gasteiger partial charge in [-0.25, -0.2) is 4.39 Å². The third-order valence-electron chi connectivity index (χ3n) is 1.94. The van der Waals surface area contributed by atoms with Crippen LogP contribution >= 0.6 is 0 Å². The van der Waals surface area contributed by atoms with Gasteiger partial charge in [-0.3, -0.25) is 0 Å². The zero-order valence-electron chi connectivity index (χ0n) is 8.20. The number of aryl methyl sites for hydroxylation is 1. The topological polar surface area (TPSA) is 64.9 Å². The van der Waals surface area contributed by atoms with Crippen LogP contribution in [-0.2, 0) is 6.54 Å². The van der Waals surface area contributed by atoms with Gasteiger partial charge in [0.1, 0.15) is 5.82 Å². The Balaban J connectivity index is 2.44. The highest BCUT2D eigenvalue weighted by molar-refractivity contribution is 5.54. The van der Waals surface area contributed by atoms with Crippen LogP contribution in [0.5, 0.6) is 0 Å². The number of hydrogen-bond acceptors (Lipinski definition) is 4. The number of rotatable bonds is 2. The largest absolute Gasteiger partial charge is 0.334 e. The molecular weight excluding hydrogens is 197 g/mol. The van der Waals surface area contributed by atoms with E-state index in [2.05, 4.69) is 10.1 Å². The highest BCUT2D eigenvalue weighted by Crippen LogP contribution is 2.19. The molecule has 1 aromatic carbocycles. The Morgan fingerprint density at radius 3 is 2.80 bits per heavy atom. The zero-order valence-corrected chi connectivity index (χ0v) is 8.20. The molecule has 15 heavy (non-hydrogen) atoms. The van der Waals surface area contributed by atoms with Crippen molar-refractivity contribution in [3.05, 3.63) is 35.4 Å². The minimum Gasteiger partial charge on any atom is -0.334 e. The van der Waals surface area contributed by atoms with Gasteiger partial charge in [-0.1, -0.05) is 5.16 Å². The van der Waals surface area contributed by atoms with E-state index in [9.17, 15) is 4.39 Å². The summed E-state index contributed by atoms with van der Waals surface area (Å²) in [5.41, 5.74) is 6.71. The molecule has 5 heteroatoms. The van der Waals surface area contributed by atoms with E-state index in [1.807, 2.05) is 0 Å². The molecule has 1 aromatic heterocycles. The lowest BCUT2D eigenvalue weighted by Gasteiger charge is -1.97. The molecule has 1 heterocycles.